The van der Waals surface area contributed by atoms with Crippen molar-refractivity contribution in [3.8, 4) is 0 Å². The van der Waals surface area contributed by atoms with Crippen molar-refractivity contribution in [3.05, 3.63) is 29.8 Å². The van der Waals surface area contributed by atoms with Gasteiger partial charge in [-0.15, -0.1) is 0 Å². The molecule has 1 aromatic rings. The topological polar surface area (TPSA) is 69.7 Å². The van der Waals surface area contributed by atoms with Gasteiger partial charge in [-0.2, -0.15) is 0 Å². The minimum absolute atomic E-state index is 0.0984. The maximum atomic E-state index is 12.1. The molecule has 0 unspecified atom stereocenters. The lowest BCUT2D eigenvalue weighted by atomic mass is 10.2. The summed E-state index contributed by atoms with van der Waals surface area (Å²) in [5.74, 6) is -0.657. The predicted molar refractivity (Wildman–Crippen MR) is 76.6 cm³/mol. The monoisotopic (exact) mass is 287 g/mol. The summed E-state index contributed by atoms with van der Waals surface area (Å²) in [7, 11) is 0. The maximum absolute atomic E-state index is 12.1. The number of carbonyl (C=O) groups excluding carboxylic acids is 3. The first kappa shape index (κ1) is 13.6. The fourth-order valence-electron chi connectivity index (χ4n) is 2.43. The number of nitrogens with one attached hydrogen (secondary N) is 1. The number of hydrogen-bond acceptors (Lipinski definition) is 3. The summed E-state index contributed by atoms with van der Waals surface area (Å²) < 4.78 is 0. The minimum atomic E-state index is -0.358. The molecule has 6 nitrogen and oxygen atoms in total. The SMILES string of the molecule is Cc1ccccc1NC(=O)CN1C(=O)CN(C2CC2)C1=O. The van der Waals surface area contributed by atoms with Gasteiger partial charge in [0.15, 0.2) is 0 Å². The molecule has 1 aliphatic heterocycles. The van der Waals surface area contributed by atoms with E-state index < -0.39 is 0 Å². The van der Waals surface area contributed by atoms with Gasteiger partial charge in [-0.3, -0.25) is 14.5 Å². The number of aryl methyl sites for hydroxylation is 1. The number of imide groups is 1. The smallest absolute Gasteiger partial charge is 0.324 e. The van der Waals surface area contributed by atoms with E-state index in [0.29, 0.717) is 5.69 Å². The van der Waals surface area contributed by atoms with Gasteiger partial charge in [0.1, 0.15) is 13.1 Å². The zero-order valence-electron chi connectivity index (χ0n) is 11.8. The molecule has 3 rings (SSSR count). The van der Waals surface area contributed by atoms with Crippen LogP contribution < -0.4 is 5.32 Å². The zero-order valence-corrected chi connectivity index (χ0v) is 11.8. The Labute approximate surface area is 122 Å². The summed E-state index contributed by atoms with van der Waals surface area (Å²) in [6, 6.07) is 7.22. The van der Waals surface area contributed by atoms with Crippen LogP contribution in [0.4, 0.5) is 10.5 Å². The number of para-hydroxylation sites is 1. The van der Waals surface area contributed by atoms with Gasteiger partial charge in [-0.25, -0.2) is 4.79 Å². The zero-order chi connectivity index (χ0) is 15.0. The fraction of sp³-hybridized carbons (Fsp3) is 0.400. The van der Waals surface area contributed by atoms with Crippen molar-refractivity contribution < 1.29 is 14.4 Å². The maximum Gasteiger partial charge on any atom is 0.327 e. The van der Waals surface area contributed by atoms with Crippen molar-refractivity contribution in [2.45, 2.75) is 25.8 Å². The van der Waals surface area contributed by atoms with E-state index in [1.54, 1.807) is 11.0 Å². The number of anilines is 1. The van der Waals surface area contributed by atoms with E-state index in [1.807, 2.05) is 25.1 Å². The number of benzene rings is 1. The first-order valence-electron chi connectivity index (χ1n) is 7.02. The van der Waals surface area contributed by atoms with E-state index in [1.165, 1.54) is 0 Å². The van der Waals surface area contributed by atoms with Gasteiger partial charge in [0, 0.05) is 11.7 Å². The van der Waals surface area contributed by atoms with Crippen LogP contribution in [0.3, 0.4) is 0 Å². The lowest BCUT2D eigenvalue weighted by molar-refractivity contribution is -0.129. The van der Waals surface area contributed by atoms with Gasteiger partial charge in [-0.1, -0.05) is 18.2 Å². The van der Waals surface area contributed by atoms with E-state index in [9.17, 15) is 14.4 Å². The third kappa shape index (κ3) is 2.74. The van der Waals surface area contributed by atoms with Crippen molar-refractivity contribution in [1.82, 2.24) is 9.80 Å². The molecule has 21 heavy (non-hydrogen) atoms. The summed E-state index contributed by atoms with van der Waals surface area (Å²) in [5.41, 5.74) is 1.63. The summed E-state index contributed by atoms with van der Waals surface area (Å²) in [4.78, 5) is 38.6. The molecule has 0 aromatic heterocycles. The molecule has 1 aromatic carbocycles. The highest BCUT2D eigenvalue weighted by Crippen LogP contribution is 2.30. The number of amides is 4. The quantitative estimate of drug-likeness (QED) is 0.850. The van der Waals surface area contributed by atoms with Crippen LogP contribution in [0.5, 0.6) is 0 Å². The molecule has 0 atom stereocenters. The van der Waals surface area contributed by atoms with Crippen LogP contribution in [0, 0.1) is 6.92 Å². The lowest BCUT2D eigenvalue weighted by Gasteiger charge is -2.16. The molecule has 1 saturated carbocycles. The molecule has 0 spiro atoms. The van der Waals surface area contributed by atoms with Crippen molar-refractivity contribution in [3.63, 3.8) is 0 Å². The van der Waals surface area contributed by atoms with Crippen LogP contribution in [0.1, 0.15) is 18.4 Å². The van der Waals surface area contributed by atoms with Gasteiger partial charge < -0.3 is 10.2 Å². The molecule has 1 saturated heterocycles. The second-order valence-electron chi connectivity index (χ2n) is 5.48. The minimum Gasteiger partial charge on any atom is -0.324 e. The largest absolute Gasteiger partial charge is 0.327 e. The fourth-order valence-corrected chi connectivity index (χ4v) is 2.43. The molecule has 4 amide bonds. The Hall–Kier alpha value is -2.37. The highest BCUT2D eigenvalue weighted by molar-refractivity contribution is 6.06. The molecule has 0 bridgehead atoms. The third-order valence-corrected chi connectivity index (χ3v) is 3.79. The molecule has 1 aliphatic carbocycles. The highest BCUT2D eigenvalue weighted by atomic mass is 16.2. The summed E-state index contributed by atoms with van der Waals surface area (Å²) in [5, 5.41) is 2.73. The number of urea groups is 1. The standard InChI is InChI=1S/C15H17N3O3/c1-10-4-2-3-5-12(10)16-13(19)8-18-14(20)9-17(15(18)21)11-6-7-11/h2-5,11H,6-9H2,1H3,(H,16,19). The number of nitrogens with zero attached hydrogens (tertiary/aromatic N) is 2. The Morgan fingerprint density at radius 2 is 2.00 bits per heavy atom. The van der Waals surface area contributed by atoms with Gasteiger partial charge in [0.25, 0.3) is 5.91 Å². The molecular formula is C15H17N3O3. The van der Waals surface area contributed by atoms with E-state index in [2.05, 4.69) is 5.32 Å². The molecule has 2 fully saturated rings. The predicted octanol–water partition coefficient (Wildman–Crippen LogP) is 1.36. The van der Waals surface area contributed by atoms with Gasteiger partial charge in [-0.05, 0) is 31.4 Å². The Morgan fingerprint density at radius 1 is 1.29 bits per heavy atom. The summed E-state index contributed by atoms with van der Waals surface area (Å²) in [6.07, 6.45) is 1.89. The lowest BCUT2D eigenvalue weighted by Crippen LogP contribution is -2.39. The summed E-state index contributed by atoms with van der Waals surface area (Å²) in [6.45, 7) is 1.76. The highest BCUT2D eigenvalue weighted by Gasteiger charge is 2.44. The number of hydrogen-bond donors (Lipinski definition) is 1. The Kier molecular flexibility index (Phi) is 3.37. The van der Waals surface area contributed by atoms with E-state index in [0.717, 1.165) is 23.3 Å². The molecule has 0 radical (unpaired) electrons. The van der Waals surface area contributed by atoms with E-state index in [4.69, 9.17) is 0 Å². The first-order chi connectivity index (χ1) is 10.1. The van der Waals surface area contributed by atoms with Crippen molar-refractivity contribution in [2.24, 2.45) is 0 Å². The number of carbonyl (C=O) groups is 3. The Bertz CT molecular complexity index is 610. The van der Waals surface area contributed by atoms with Crippen LogP contribution in [-0.4, -0.2) is 46.8 Å². The number of rotatable bonds is 4. The Morgan fingerprint density at radius 3 is 2.67 bits per heavy atom. The molecule has 6 heteroatoms. The summed E-state index contributed by atoms with van der Waals surface area (Å²) >= 11 is 0. The van der Waals surface area contributed by atoms with Crippen LogP contribution in [-0.2, 0) is 9.59 Å². The molecule has 1 N–H and O–H groups in total. The van der Waals surface area contributed by atoms with Gasteiger partial charge in [0.2, 0.25) is 5.91 Å². The average Bonchev–Trinajstić information content (AvgIpc) is 3.24. The van der Waals surface area contributed by atoms with Crippen LogP contribution in [0.25, 0.3) is 0 Å². The second-order valence-corrected chi connectivity index (χ2v) is 5.48. The van der Waals surface area contributed by atoms with Gasteiger partial charge in [0.05, 0.1) is 0 Å². The molecule has 2 aliphatic rings. The van der Waals surface area contributed by atoms with Gasteiger partial charge >= 0.3 is 6.03 Å². The first-order valence-corrected chi connectivity index (χ1v) is 7.02. The Balaban J connectivity index is 1.63. The molecular weight excluding hydrogens is 270 g/mol. The van der Waals surface area contributed by atoms with Crippen LogP contribution >= 0.6 is 0 Å². The van der Waals surface area contributed by atoms with Crippen LogP contribution in [0.15, 0.2) is 24.3 Å². The average molecular weight is 287 g/mol. The van der Waals surface area contributed by atoms with Crippen molar-refractivity contribution in [1.29, 1.82) is 0 Å². The molecule has 1 heterocycles. The van der Waals surface area contributed by atoms with Crippen molar-refractivity contribution in [2.75, 3.05) is 18.4 Å². The molecule has 110 valence electrons. The van der Waals surface area contributed by atoms with Crippen LogP contribution in [0.2, 0.25) is 0 Å². The second kappa shape index (κ2) is 5.20. The third-order valence-electron chi connectivity index (χ3n) is 3.79. The van der Waals surface area contributed by atoms with E-state index >= 15 is 0 Å². The van der Waals surface area contributed by atoms with E-state index in [-0.39, 0.29) is 37.0 Å². The normalized spacial score (nSPS) is 18.3. The van der Waals surface area contributed by atoms with Crippen molar-refractivity contribution >= 4 is 23.5 Å².